The van der Waals surface area contributed by atoms with Crippen LogP contribution < -0.4 is 5.32 Å². The molecule has 2 fully saturated rings. The van der Waals surface area contributed by atoms with Crippen LogP contribution in [0, 0.1) is 5.41 Å². The van der Waals surface area contributed by atoms with E-state index in [2.05, 4.69) is 31.0 Å². The molecule has 2 aliphatic heterocycles. The molecule has 100 valence electrons. The first-order valence-corrected chi connectivity index (χ1v) is 7.54. The fourth-order valence-electron chi connectivity index (χ4n) is 3.84. The number of hydrogen-bond donors (Lipinski definition) is 1. The number of piperidine rings is 1. The summed E-state index contributed by atoms with van der Waals surface area (Å²) < 4.78 is 0. The average Bonchev–Trinajstić information content (AvgIpc) is 2.60. The van der Waals surface area contributed by atoms with Crippen molar-refractivity contribution >= 4 is 0 Å². The van der Waals surface area contributed by atoms with Crippen LogP contribution in [0.15, 0.2) is 0 Å². The lowest BCUT2D eigenvalue weighted by Gasteiger charge is -2.44. The molecule has 0 saturated carbocycles. The summed E-state index contributed by atoms with van der Waals surface area (Å²) in [7, 11) is 0. The number of nitrogens with one attached hydrogen (secondary N) is 1. The van der Waals surface area contributed by atoms with Crippen molar-refractivity contribution in [2.24, 2.45) is 5.41 Å². The van der Waals surface area contributed by atoms with Crippen LogP contribution in [0.2, 0.25) is 0 Å². The SMILES string of the molecule is CCCC1(CN2CCCC2(C)C)CCNCC1. The molecule has 0 spiro atoms. The summed E-state index contributed by atoms with van der Waals surface area (Å²) in [5.41, 5.74) is 1.06. The maximum atomic E-state index is 3.53. The van der Waals surface area contributed by atoms with Gasteiger partial charge in [0.25, 0.3) is 0 Å². The Morgan fingerprint density at radius 1 is 1.12 bits per heavy atom. The van der Waals surface area contributed by atoms with Crippen LogP contribution in [0.3, 0.4) is 0 Å². The van der Waals surface area contributed by atoms with E-state index in [0.717, 1.165) is 0 Å². The van der Waals surface area contributed by atoms with E-state index in [4.69, 9.17) is 0 Å². The quantitative estimate of drug-likeness (QED) is 0.810. The van der Waals surface area contributed by atoms with Crippen LogP contribution in [0.1, 0.15) is 59.3 Å². The van der Waals surface area contributed by atoms with Crippen molar-refractivity contribution in [1.82, 2.24) is 10.2 Å². The normalized spacial score (nSPS) is 28.4. The summed E-state index contributed by atoms with van der Waals surface area (Å²) >= 11 is 0. The average molecular weight is 238 g/mol. The highest BCUT2D eigenvalue weighted by Gasteiger charge is 2.39. The van der Waals surface area contributed by atoms with Crippen LogP contribution in [-0.2, 0) is 0 Å². The Hall–Kier alpha value is -0.0800. The summed E-state index contributed by atoms with van der Waals surface area (Å²) in [6.45, 7) is 12.3. The van der Waals surface area contributed by atoms with E-state index in [1.165, 1.54) is 64.7 Å². The summed E-state index contributed by atoms with van der Waals surface area (Å²) in [5, 5.41) is 3.53. The molecule has 2 heterocycles. The van der Waals surface area contributed by atoms with Gasteiger partial charge in [-0.2, -0.15) is 0 Å². The van der Waals surface area contributed by atoms with E-state index in [1.54, 1.807) is 0 Å². The van der Waals surface area contributed by atoms with Crippen LogP contribution in [0.4, 0.5) is 0 Å². The molecule has 0 aromatic heterocycles. The molecular weight excluding hydrogens is 208 g/mol. The van der Waals surface area contributed by atoms with E-state index in [-0.39, 0.29) is 0 Å². The Morgan fingerprint density at radius 2 is 1.82 bits per heavy atom. The topological polar surface area (TPSA) is 15.3 Å². The summed E-state index contributed by atoms with van der Waals surface area (Å²) in [6, 6.07) is 0. The monoisotopic (exact) mass is 238 g/mol. The molecular formula is C15H30N2. The second-order valence-corrected chi connectivity index (χ2v) is 6.84. The first-order chi connectivity index (χ1) is 8.08. The molecule has 0 atom stereocenters. The molecule has 2 aliphatic rings. The zero-order chi connectivity index (χ0) is 12.4. The van der Waals surface area contributed by atoms with Crippen LogP contribution >= 0.6 is 0 Å². The van der Waals surface area contributed by atoms with Gasteiger partial charge in [0.05, 0.1) is 0 Å². The van der Waals surface area contributed by atoms with Crippen molar-refractivity contribution in [3.8, 4) is 0 Å². The van der Waals surface area contributed by atoms with Crippen molar-refractivity contribution in [3.05, 3.63) is 0 Å². The third-order valence-electron chi connectivity index (χ3n) is 5.04. The van der Waals surface area contributed by atoms with E-state index < -0.39 is 0 Å². The van der Waals surface area contributed by atoms with Crippen molar-refractivity contribution in [1.29, 1.82) is 0 Å². The van der Waals surface area contributed by atoms with Gasteiger partial charge in [-0.3, -0.25) is 4.90 Å². The maximum absolute atomic E-state index is 3.53. The standard InChI is InChI=1S/C15H30N2/c1-4-6-15(8-10-16-11-9-15)13-17-12-5-7-14(17,2)3/h16H,4-13H2,1-3H3. The lowest BCUT2D eigenvalue weighted by molar-refractivity contribution is 0.0638. The van der Waals surface area contributed by atoms with Gasteiger partial charge in [-0.1, -0.05) is 13.3 Å². The van der Waals surface area contributed by atoms with Gasteiger partial charge in [0.15, 0.2) is 0 Å². The second-order valence-electron chi connectivity index (χ2n) is 6.84. The molecule has 0 amide bonds. The van der Waals surface area contributed by atoms with Crippen molar-refractivity contribution in [3.63, 3.8) is 0 Å². The third kappa shape index (κ3) is 3.03. The highest BCUT2D eigenvalue weighted by atomic mass is 15.2. The minimum atomic E-state index is 0.450. The number of likely N-dealkylation sites (tertiary alicyclic amines) is 1. The first kappa shape index (κ1) is 13.4. The molecule has 0 bridgehead atoms. The Kier molecular flexibility index (Phi) is 4.14. The molecule has 0 unspecified atom stereocenters. The largest absolute Gasteiger partial charge is 0.317 e. The highest BCUT2D eigenvalue weighted by molar-refractivity contribution is 4.94. The molecule has 0 aromatic carbocycles. The van der Waals surface area contributed by atoms with Gasteiger partial charge in [-0.15, -0.1) is 0 Å². The van der Waals surface area contributed by atoms with Gasteiger partial charge in [0.2, 0.25) is 0 Å². The Balaban J connectivity index is 2.01. The Bertz CT molecular complexity index is 236. The van der Waals surface area contributed by atoms with E-state index in [1.807, 2.05) is 0 Å². The smallest absolute Gasteiger partial charge is 0.0153 e. The highest BCUT2D eigenvalue weighted by Crippen LogP contribution is 2.39. The molecule has 17 heavy (non-hydrogen) atoms. The number of rotatable bonds is 4. The minimum absolute atomic E-state index is 0.450. The van der Waals surface area contributed by atoms with Gasteiger partial charge < -0.3 is 5.32 Å². The van der Waals surface area contributed by atoms with E-state index in [0.29, 0.717) is 11.0 Å². The number of hydrogen-bond acceptors (Lipinski definition) is 2. The summed E-state index contributed by atoms with van der Waals surface area (Å²) in [6.07, 6.45) is 8.30. The predicted octanol–water partition coefficient (Wildman–Crippen LogP) is 3.03. The molecule has 2 saturated heterocycles. The lowest BCUT2D eigenvalue weighted by atomic mass is 9.74. The van der Waals surface area contributed by atoms with Gasteiger partial charge in [-0.25, -0.2) is 0 Å². The first-order valence-electron chi connectivity index (χ1n) is 7.54. The molecule has 0 radical (unpaired) electrons. The minimum Gasteiger partial charge on any atom is -0.317 e. The molecule has 0 aromatic rings. The molecule has 2 rings (SSSR count). The van der Waals surface area contributed by atoms with Crippen molar-refractivity contribution < 1.29 is 0 Å². The fourth-order valence-corrected chi connectivity index (χ4v) is 3.84. The second kappa shape index (κ2) is 5.27. The van der Waals surface area contributed by atoms with Crippen molar-refractivity contribution in [2.75, 3.05) is 26.2 Å². The van der Waals surface area contributed by atoms with Crippen molar-refractivity contribution in [2.45, 2.75) is 64.8 Å². The predicted molar refractivity (Wildman–Crippen MR) is 74.3 cm³/mol. The molecule has 1 N–H and O–H groups in total. The maximum Gasteiger partial charge on any atom is 0.0153 e. The molecule has 2 nitrogen and oxygen atoms in total. The van der Waals surface area contributed by atoms with Crippen LogP contribution in [-0.4, -0.2) is 36.6 Å². The van der Waals surface area contributed by atoms with E-state index >= 15 is 0 Å². The summed E-state index contributed by atoms with van der Waals surface area (Å²) in [4.78, 5) is 2.77. The summed E-state index contributed by atoms with van der Waals surface area (Å²) in [5.74, 6) is 0. The zero-order valence-corrected chi connectivity index (χ0v) is 12.0. The third-order valence-corrected chi connectivity index (χ3v) is 5.04. The van der Waals surface area contributed by atoms with Gasteiger partial charge >= 0.3 is 0 Å². The molecule has 2 heteroatoms. The zero-order valence-electron chi connectivity index (χ0n) is 12.0. The lowest BCUT2D eigenvalue weighted by Crippen LogP contribution is -2.49. The van der Waals surface area contributed by atoms with Crippen LogP contribution in [0.5, 0.6) is 0 Å². The van der Waals surface area contributed by atoms with Gasteiger partial charge in [0.1, 0.15) is 0 Å². The van der Waals surface area contributed by atoms with Gasteiger partial charge in [0, 0.05) is 12.1 Å². The fraction of sp³-hybridized carbons (Fsp3) is 1.00. The Morgan fingerprint density at radius 3 is 2.35 bits per heavy atom. The number of nitrogens with zero attached hydrogens (tertiary/aromatic N) is 1. The Labute approximate surface area is 107 Å². The molecule has 0 aliphatic carbocycles. The van der Waals surface area contributed by atoms with Gasteiger partial charge in [-0.05, 0) is 71.0 Å². The van der Waals surface area contributed by atoms with E-state index in [9.17, 15) is 0 Å². The van der Waals surface area contributed by atoms with Crippen LogP contribution in [0.25, 0.3) is 0 Å².